The predicted molar refractivity (Wildman–Crippen MR) is 266 cm³/mol. The molecule has 16 nitrogen and oxygen atoms in total. The van der Waals surface area contributed by atoms with Crippen LogP contribution in [0.4, 0.5) is 16.6 Å². The fraction of sp³-hybridized carbons (Fsp3) is 0.321. The number of carboxylic acids is 1. The van der Waals surface area contributed by atoms with Gasteiger partial charge < -0.3 is 20.1 Å². The zero-order chi connectivity index (χ0) is 48.3. The molecule has 3 aliphatic heterocycles. The van der Waals surface area contributed by atoms with Gasteiger partial charge in [-0.15, -0.1) is 0 Å². The topological polar surface area (TPSA) is 201 Å². The molecule has 17 heteroatoms. The van der Waals surface area contributed by atoms with Crippen molar-refractivity contribution < 1.29 is 33.8 Å². The molecule has 1 unspecified atom stereocenters. The van der Waals surface area contributed by atoms with Crippen LogP contribution in [0.15, 0.2) is 91.0 Å². The smallest absolute Gasteiger partial charge is 0.355 e. The summed E-state index contributed by atoms with van der Waals surface area (Å²) in [4.78, 5) is 77.2. The first-order valence-corrected chi connectivity index (χ1v) is 24.5. The second-order valence-electron chi connectivity index (χ2n) is 19.2. The van der Waals surface area contributed by atoms with Crippen molar-refractivity contribution in [2.75, 3.05) is 48.3 Å². The molecular formula is C53H51N9O7S. The summed E-state index contributed by atoms with van der Waals surface area (Å²) < 4.78 is 9.05. The van der Waals surface area contributed by atoms with Crippen LogP contribution in [0.5, 0.6) is 5.75 Å². The number of piperidine rings is 1. The molecule has 4 aliphatic rings. The first-order valence-electron chi connectivity index (χ1n) is 23.7. The first-order chi connectivity index (χ1) is 33.9. The van der Waals surface area contributed by atoms with Crippen molar-refractivity contribution >= 4 is 78.7 Å². The molecule has 0 radical (unpaired) electrons. The number of carboxylic acid groups (broad SMARTS) is 1. The van der Waals surface area contributed by atoms with Gasteiger partial charge >= 0.3 is 5.97 Å². The van der Waals surface area contributed by atoms with E-state index in [1.165, 1.54) is 11.3 Å². The number of carbonyl (C=O) groups is 5. The molecule has 0 bridgehead atoms. The van der Waals surface area contributed by atoms with E-state index in [9.17, 15) is 29.1 Å². The number of pyridine rings is 1. The van der Waals surface area contributed by atoms with Crippen LogP contribution < -0.4 is 25.6 Å². The maximum atomic E-state index is 13.6. The number of imide groups is 1. The molecule has 4 aromatic carbocycles. The molecule has 4 N–H and O–H groups in total. The number of benzene rings is 4. The number of rotatable bonds is 13. The lowest BCUT2D eigenvalue weighted by molar-refractivity contribution is -0.134. The molecule has 11 rings (SSSR count). The lowest BCUT2D eigenvalue weighted by atomic mass is 9.57. The van der Waals surface area contributed by atoms with Crippen LogP contribution in [0, 0.1) is 18.3 Å². The zero-order valence-electron chi connectivity index (χ0n) is 38.8. The summed E-state index contributed by atoms with van der Waals surface area (Å²) in [5, 5.41) is 24.9. The lowest BCUT2D eigenvalue weighted by Crippen LogP contribution is -2.63. The number of hydrogen-bond donors (Lipinski definition) is 4. The standard InChI is InChI=1S/C53H51N9O7S/c1-30-34(35-15-17-44(56-48(35)51(67)68)62-21-19-32-7-5-9-36(39(32)26-62)49(65)58-52-55-40-10-3-4-12-43(40)70-52)8-6-11-42(30)69-22-20-31-24-53(25-31)28-61(29-53)27-46(64)54-33-13-14-37-41(23-33)60(2)59-47(37)38-16-18-45(63)57-50(38)66/h3-15,17,23,31,38H,16,18-22,24-29H2,1-2H3,(H,54,64)(H,67,68)(H,55,58,65)(H,57,63,66). The summed E-state index contributed by atoms with van der Waals surface area (Å²) in [5.41, 5.74) is 7.70. The molecule has 1 saturated carbocycles. The van der Waals surface area contributed by atoms with Gasteiger partial charge in [0.15, 0.2) is 10.8 Å². The van der Waals surface area contributed by atoms with Crippen LogP contribution in [0.25, 0.3) is 32.2 Å². The van der Waals surface area contributed by atoms with Gasteiger partial charge in [0.1, 0.15) is 11.6 Å². The number of thiazole rings is 1. The van der Waals surface area contributed by atoms with Crippen molar-refractivity contribution in [3.63, 3.8) is 0 Å². The number of para-hydroxylation sites is 1. The summed E-state index contributed by atoms with van der Waals surface area (Å²) in [6.45, 7) is 5.56. The Kier molecular flexibility index (Phi) is 11.6. The Morgan fingerprint density at radius 2 is 1.76 bits per heavy atom. The van der Waals surface area contributed by atoms with Crippen LogP contribution in [0.3, 0.4) is 0 Å². The van der Waals surface area contributed by atoms with Crippen LogP contribution in [0.2, 0.25) is 0 Å². The Hall–Kier alpha value is -7.50. The van der Waals surface area contributed by atoms with E-state index in [1.54, 1.807) is 11.7 Å². The minimum atomic E-state index is -1.13. The number of fused-ring (bicyclic) bond motifs is 3. The number of aromatic carboxylic acids is 1. The molecule has 3 fully saturated rings. The maximum absolute atomic E-state index is 13.6. The third-order valence-corrected chi connectivity index (χ3v) is 15.4. The van der Waals surface area contributed by atoms with E-state index in [0.29, 0.717) is 84.2 Å². The van der Waals surface area contributed by atoms with Crippen LogP contribution in [0.1, 0.15) is 81.3 Å². The number of amides is 4. The number of ether oxygens (including phenoxy) is 1. The maximum Gasteiger partial charge on any atom is 0.355 e. The summed E-state index contributed by atoms with van der Waals surface area (Å²) in [6, 6.07) is 28.5. The fourth-order valence-corrected chi connectivity index (χ4v) is 12.0. The highest BCUT2D eigenvalue weighted by molar-refractivity contribution is 7.22. The molecule has 7 aromatic rings. The van der Waals surface area contributed by atoms with Crippen molar-refractivity contribution in [3.05, 3.63) is 125 Å². The number of aromatic nitrogens is 4. The SMILES string of the molecule is Cc1c(OCCC2CC3(C2)CN(CC(=O)Nc2ccc4c(C5CCC(=O)NC5=O)nn(C)c4c2)C3)cccc1-c1ccc(N2CCc3cccc(C(=O)Nc4nc5ccccc5s4)c3C2)nc1C(=O)O. The van der Waals surface area contributed by atoms with E-state index in [4.69, 9.17) is 9.72 Å². The Bertz CT molecular complexity index is 3240. The third-order valence-electron chi connectivity index (χ3n) is 14.5. The van der Waals surface area contributed by atoms with E-state index >= 15 is 0 Å². The van der Waals surface area contributed by atoms with Gasteiger partial charge in [0.05, 0.1) is 40.5 Å². The van der Waals surface area contributed by atoms with Gasteiger partial charge in [-0.2, -0.15) is 5.10 Å². The molecule has 2 saturated heterocycles. The van der Waals surface area contributed by atoms with Gasteiger partial charge in [-0.25, -0.2) is 14.8 Å². The lowest BCUT2D eigenvalue weighted by Gasteiger charge is -2.59. The average Bonchev–Trinajstić information content (AvgIpc) is 3.89. The summed E-state index contributed by atoms with van der Waals surface area (Å²) in [5.74, 6) is -0.787. The molecular weight excluding hydrogens is 907 g/mol. The minimum absolute atomic E-state index is 0.0505. The van der Waals surface area contributed by atoms with Gasteiger partial charge in [0.2, 0.25) is 17.7 Å². The minimum Gasteiger partial charge on any atom is -0.493 e. The van der Waals surface area contributed by atoms with Gasteiger partial charge in [-0.05, 0) is 127 Å². The third kappa shape index (κ3) is 8.63. The number of carbonyl (C=O) groups excluding carboxylic acids is 4. The van der Waals surface area contributed by atoms with Gasteiger partial charge in [-0.1, -0.05) is 47.7 Å². The monoisotopic (exact) mass is 957 g/mol. The number of nitrogens with one attached hydrogen (secondary N) is 3. The molecule has 1 aliphatic carbocycles. The summed E-state index contributed by atoms with van der Waals surface area (Å²) in [7, 11) is 1.81. The Balaban J connectivity index is 0.669. The Morgan fingerprint density at radius 3 is 2.57 bits per heavy atom. The van der Waals surface area contributed by atoms with Crippen molar-refractivity contribution in [1.82, 2.24) is 30.0 Å². The normalized spacial score (nSPS) is 17.7. The number of aryl methyl sites for hydroxylation is 1. The van der Waals surface area contributed by atoms with Crippen molar-refractivity contribution in [2.24, 2.45) is 18.4 Å². The number of nitrogens with zero attached hydrogens (tertiary/aromatic N) is 6. The number of anilines is 3. The van der Waals surface area contributed by atoms with Gasteiger partial charge in [0.25, 0.3) is 5.91 Å². The molecule has 6 heterocycles. The number of hydrogen-bond acceptors (Lipinski definition) is 12. The van der Waals surface area contributed by atoms with Gasteiger partial charge in [-0.3, -0.25) is 39.4 Å². The van der Waals surface area contributed by atoms with E-state index in [-0.39, 0.29) is 41.2 Å². The first kappa shape index (κ1) is 45.0. The van der Waals surface area contributed by atoms with Crippen molar-refractivity contribution in [1.29, 1.82) is 0 Å². The van der Waals surface area contributed by atoms with Crippen LogP contribution >= 0.6 is 11.3 Å². The number of likely N-dealkylation sites (tertiary alicyclic amines) is 1. The molecule has 70 heavy (non-hydrogen) atoms. The Labute approximate surface area is 407 Å². The second-order valence-corrected chi connectivity index (χ2v) is 20.2. The Morgan fingerprint density at radius 1 is 0.929 bits per heavy atom. The van der Waals surface area contributed by atoms with Crippen molar-refractivity contribution in [3.8, 4) is 16.9 Å². The second kappa shape index (κ2) is 18.1. The quantitative estimate of drug-likeness (QED) is 0.0822. The van der Waals surface area contributed by atoms with Crippen LogP contribution in [-0.4, -0.2) is 92.1 Å². The predicted octanol–water partition coefficient (Wildman–Crippen LogP) is 7.71. The molecule has 4 amide bonds. The van der Waals surface area contributed by atoms with Gasteiger partial charge in [0, 0.05) is 61.8 Å². The van der Waals surface area contributed by atoms with E-state index in [1.807, 2.05) is 103 Å². The highest BCUT2D eigenvalue weighted by Gasteiger charge is 2.52. The van der Waals surface area contributed by atoms with E-state index in [2.05, 4.69) is 30.9 Å². The highest BCUT2D eigenvalue weighted by atomic mass is 32.1. The van der Waals surface area contributed by atoms with Crippen molar-refractivity contribution in [2.45, 2.75) is 57.9 Å². The summed E-state index contributed by atoms with van der Waals surface area (Å²) >= 11 is 1.43. The zero-order valence-corrected chi connectivity index (χ0v) is 39.6. The molecule has 356 valence electrons. The fourth-order valence-electron chi connectivity index (χ4n) is 11.1. The molecule has 1 atom stereocenters. The van der Waals surface area contributed by atoms with Crippen LogP contribution in [-0.2, 0) is 34.4 Å². The molecule has 1 spiro atoms. The van der Waals surface area contributed by atoms with E-state index in [0.717, 1.165) is 75.7 Å². The largest absolute Gasteiger partial charge is 0.493 e. The highest BCUT2D eigenvalue weighted by Crippen LogP contribution is 2.53. The summed E-state index contributed by atoms with van der Waals surface area (Å²) in [6.07, 6.45) is 4.44. The average molecular weight is 958 g/mol. The molecule has 3 aromatic heterocycles. The van der Waals surface area contributed by atoms with E-state index < -0.39 is 11.9 Å².